The monoisotopic (exact) mass is 492 g/mol. The molecule has 2 aromatic carbocycles. The van der Waals surface area contributed by atoms with E-state index in [-0.39, 0.29) is 12.5 Å². The van der Waals surface area contributed by atoms with Crippen LogP contribution in [0.15, 0.2) is 60.9 Å². The number of hydrogen-bond acceptors (Lipinski definition) is 2. The molecule has 31 heavy (non-hydrogen) atoms. The minimum absolute atomic E-state index is 0.285. The van der Waals surface area contributed by atoms with Crippen molar-refractivity contribution in [2.75, 3.05) is 0 Å². The van der Waals surface area contributed by atoms with E-state index in [4.69, 9.17) is 46.4 Å². The van der Waals surface area contributed by atoms with Crippen LogP contribution in [-0.4, -0.2) is 20.3 Å². The largest absolute Gasteiger partial charge is 0.347 e. The minimum Gasteiger partial charge on any atom is -0.347 e. The Hall–Kier alpha value is -2.44. The van der Waals surface area contributed by atoms with E-state index in [1.165, 1.54) is 0 Å². The molecule has 0 atom stereocenters. The zero-order chi connectivity index (χ0) is 22.1. The molecular weight excluding hydrogens is 478 g/mol. The van der Waals surface area contributed by atoms with Crippen molar-refractivity contribution in [1.29, 1.82) is 0 Å². The molecule has 9 heteroatoms. The van der Waals surface area contributed by atoms with Crippen molar-refractivity contribution in [3.63, 3.8) is 0 Å². The highest BCUT2D eigenvalue weighted by atomic mass is 35.5. The number of carbonyl (C=O) groups is 1. The van der Waals surface area contributed by atoms with Gasteiger partial charge in [-0.25, -0.2) is 4.68 Å². The van der Waals surface area contributed by atoms with E-state index in [1.807, 2.05) is 36.0 Å². The first-order valence-corrected chi connectivity index (χ1v) is 10.8. The third kappa shape index (κ3) is 4.46. The molecule has 0 saturated carbocycles. The highest BCUT2D eigenvalue weighted by Gasteiger charge is 2.22. The summed E-state index contributed by atoms with van der Waals surface area (Å²) in [5, 5.41) is 9.21. The van der Waals surface area contributed by atoms with Crippen molar-refractivity contribution >= 4 is 52.3 Å². The van der Waals surface area contributed by atoms with Gasteiger partial charge in [0, 0.05) is 24.5 Å². The van der Waals surface area contributed by atoms with Crippen LogP contribution in [0.2, 0.25) is 20.1 Å². The number of amides is 1. The Labute approximate surface area is 199 Å². The van der Waals surface area contributed by atoms with Gasteiger partial charge in [0.2, 0.25) is 0 Å². The number of halogens is 4. The Morgan fingerprint density at radius 2 is 1.58 bits per heavy atom. The average molecular weight is 494 g/mol. The van der Waals surface area contributed by atoms with Crippen LogP contribution in [0.4, 0.5) is 0 Å². The van der Waals surface area contributed by atoms with Crippen LogP contribution in [0.25, 0.3) is 11.5 Å². The number of hydrogen-bond donors (Lipinski definition) is 1. The highest BCUT2D eigenvalue weighted by molar-refractivity contribution is 6.42. The summed E-state index contributed by atoms with van der Waals surface area (Å²) in [5.74, 6) is 0.416. The van der Waals surface area contributed by atoms with Gasteiger partial charge < -0.3 is 9.88 Å². The lowest BCUT2D eigenvalue weighted by atomic mass is 10.2. The topological polar surface area (TPSA) is 51.9 Å². The van der Waals surface area contributed by atoms with Crippen LogP contribution in [0, 0.1) is 6.92 Å². The lowest BCUT2D eigenvalue weighted by Gasteiger charge is -2.10. The molecule has 1 N–H and O–H groups in total. The summed E-state index contributed by atoms with van der Waals surface area (Å²) >= 11 is 24.3. The molecule has 2 heterocycles. The molecule has 4 aromatic rings. The van der Waals surface area contributed by atoms with E-state index >= 15 is 0 Å². The second-order valence-electron chi connectivity index (χ2n) is 6.83. The first-order chi connectivity index (χ1) is 14.8. The smallest absolute Gasteiger partial charge is 0.272 e. The van der Waals surface area contributed by atoms with E-state index in [0.29, 0.717) is 37.0 Å². The molecule has 0 aliphatic heterocycles. The van der Waals surface area contributed by atoms with Gasteiger partial charge in [-0.3, -0.25) is 4.79 Å². The fourth-order valence-electron chi connectivity index (χ4n) is 3.19. The number of carbonyl (C=O) groups excluding carboxylic acids is 1. The second-order valence-corrected chi connectivity index (χ2v) is 8.46. The summed E-state index contributed by atoms with van der Waals surface area (Å²) in [5.41, 5.74) is 2.53. The molecule has 1 amide bonds. The maximum absolute atomic E-state index is 13.0. The van der Waals surface area contributed by atoms with E-state index in [2.05, 4.69) is 10.4 Å². The summed E-state index contributed by atoms with van der Waals surface area (Å²) < 4.78 is 3.56. The molecule has 158 valence electrons. The standard InChI is InChI=1S/C22H16Cl4N4O/c1-13-20(21(31)27-12-14-4-6-16(23)18(25)10-14)28-30(22(13)29-8-2-3-9-29)15-5-7-17(24)19(26)11-15/h2-11H,12H2,1H3,(H,27,31). The summed E-state index contributed by atoms with van der Waals surface area (Å²) in [7, 11) is 0. The van der Waals surface area contributed by atoms with Gasteiger partial charge >= 0.3 is 0 Å². The van der Waals surface area contributed by atoms with E-state index in [1.54, 1.807) is 41.1 Å². The fourth-order valence-corrected chi connectivity index (χ4v) is 3.81. The van der Waals surface area contributed by atoms with Crippen LogP contribution >= 0.6 is 46.4 Å². The quantitative estimate of drug-likeness (QED) is 0.344. The van der Waals surface area contributed by atoms with Gasteiger partial charge in [-0.1, -0.05) is 52.5 Å². The van der Waals surface area contributed by atoms with Gasteiger partial charge in [-0.2, -0.15) is 5.10 Å². The fraction of sp³-hybridized carbons (Fsp3) is 0.0909. The van der Waals surface area contributed by atoms with E-state index < -0.39 is 0 Å². The zero-order valence-electron chi connectivity index (χ0n) is 16.2. The van der Waals surface area contributed by atoms with Crippen molar-refractivity contribution in [2.24, 2.45) is 0 Å². The van der Waals surface area contributed by atoms with Gasteiger partial charge in [0.25, 0.3) is 5.91 Å². The number of nitrogens with one attached hydrogen (secondary N) is 1. The van der Waals surface area contributed by atoms with Crippen molar-refractivity contribution in [3.05, 3.63) is 97.8 Å². The van der Waals surface area contributed by atoms with Crippen molar-refractivity contribution in [2.45, 2.75) is 13.5 Å². The second kappa shape index (κ2) is 8.97. The van der Waals surface area contributed by atoms with Crippen molar-refractivity contribution < 1.29 is 4.79 Å². The van der Waals surface area contributed by atoms with Crippen molar-refractivity contribution in [3.8, 4) is 11.5 Å². The average Bonchev–Trinajstić information content (AvgIpc) is 3.38. The third-order valence-electron chi connectivity index (χ3n) is 4.74. The van der Waals surface area contributed by atoms with Crippen LogP contribution in [0.5, 0.6) is 0 Å². The molecule has 0 aliphatic carbocycles. The van der Waals surface area contributed by atoms with Gasteiger partial charge in [0.15, 0.2) is 5.69 Å². The molecule has 0 fully saturated rings. The highest BCUT2D eigenvalue weighted by Crippen LogP contribution is 2.28. The van der Waals surface area contributed by atoms with Crippen molar-refractivity contribution in [1.82, 2.24) is 19.7 Å². The van der Waals surface area contributed by atoms with Gasteiger partial charge in [0.1, 0.15) is 5.82 Å². The number of rotatable bonds is 5. The number of nitrogens with zero attached hydrogens (tertiary/aromatic N) is 3. The van der Waals surface area contributed by atoms with Gasteiger partial charge in [-0.15, -0.1) is 0 Å². The predicted octanol–water partition coefficient (Wildman–Crippen LogP) is 6.52. The van der Waals surface area contributed by atoms with E-state index in [0.717, 1.165) is 11.4 Å². The van der Waals surface area contributed by atoms with Gasteiger partial charge in [-0.05, 0) is 55.0 Å². The molecule has 0 unspecified atom stereocenters. The Kier molecular flexibility index (Phi) is 6.30. The van der Waals surface area contributed by atoms with E-state index in [9.17, 15) is 4.79 Å². The van der Waals surface area contributed by atoms with Crippen LogP contribution in [0.3, 0.4) is 0 Å². The summed E-state index contributed by atoms with van der Waals surface area (Å²) in [6.07, 6.45) is 3.77. The maximum atomic E-state index is 13.0. The third-order valence-corrected chi connectivity index (χ3v) is 6.22. The molecule has 2 aromatic heterocycles. The van der Waals surface area contributed by atoms with Gasteiger partial charge in [0.05, 0.1) is 25.8 Å². The first-order valence-electron chi connectivity index (χ1n) is 9.25. The molecule has 4 rings (SSSR count). The molecule has 5 nitrogen and oxygen atoms in total. The Balaban J connectivity index is 1.70. The first kappa shape index (κ1) is 21.8. The minimum atomic E-state index is -0.309. The molecular formula is C22H16Cl4N4O. The Morgan fingerprint density at radius 3 is 2.23 bits per heavy atom. The van der Waals surface area contributed by atoms with Crippen LogP contribution in [0.1, 0.15) is 21.6 Å². The number of benzene rings is 2. The maximum Gasteiger partial charge on any atom is 0.272 e. The Bertz CT molecular complexity index is 1270. The molecule has 0 radical (unpaired) electrons. The number of aromatic nitrogens is 3. The molecule has 0 spiro atoms. The summed E-state index contributed by atoms with van der Waals surface area (Å²) in [6, 6.07) is 14.2. The normalized spacial score (nSPS) is 11.0. The molecule has 0 saturated heterocycles. The molecule has 0 aliphatic rings. The summed E-state index contributed by atoms with van der Waals surface area (Å²) in [6.45, 7) is 2.14. The van der Waals surface area contributed by atoms with Crippen LogP contribution < -0.4 is 5.32 Å². The predicted molar refractivity (Wildman–Crippen MR) is 125 cm³/mol. The lowest BCUT2D eigenvalue weighted by molar-refractivity contribution is 0.0945. The van der Waals surface area contributed by atoms with Crippen LogP contribution in [-0.2, 0) is 6.54 Å². The zero-order valence-corrected chi connectivity index (χ0v) is 19.3. The summed E-state index contributed by atoms with van der Waals surface area (Å²) in [4.78, 5) is 13.0. The lowest BCUT2D eigenvalue weighted by Crippen LogP contribution is -2.24. The molecule has 0 bridgehead atoms. The SMILES string of the molecule is Cc1c(C(=O)NCc2ccc(Cl)c(Cl)c2)nn(-c2ccc(Cl)c(Cl)c2)c1-n1cccc1. The Morgan fingerprint density at radius 1 is 0.935 bits per heavy atom.